The molecule has 0 radical (unpaired) electrons. The zero-order valence-corrected chi connectivity index (χ0v) is 15.2. The highest BCUT2D eigenvalue weighted by molar-refractivity contribution is 6.08. The van der Waals surface area contributed by atoms with Crippen LogP contribution in [0.3, 0.4) is 0 Å². The molecule has 0 aliphatic carbocycles. The van der Waals surface area contributed by atoms with Gasteiger partial charge < -0.3 is 24.8 Å². The van der Waals surface area contributed by atoms with E-state index in [2.05, 4.69) is 4.74 Å². The van der Waals surface area contributed by atoms with Gasteiger partial charge in [0.1, 0.15) is 0 Å². The van der Waals surface area contributed by atoms with Gasteiger partial charge in [-0.3, -0.25) is 4.90 Å². The summed E-state index contributed by atoms with van der Waals surface area (Å²) in [4.78, 5) is 40.1. The van der Waals surface area contributed by atoms with Crippen LogP contribution < -0.4 is 10.6 Å². The Balaban J connectivity index is 2.57. The summed E-state index contributed by atoms with van der Waals surface area (Å²) in [5, 5.41) is 0. The van der Waals surface area contributed by atoms with Crippen LogP contribution in [0, 0.1) is 0 Å². The number of methoxy groups -OCH3 is 3. The lowest BCUT2D eigenvalue weighted by molar-refractivity contribution is -0.169. The number of rotatable bonds is 5. The molecular weight excluding hydrogens is 342 g/mol. The van der Waals surface area contributed by atoms with Crippen LogP contribution in [0.25, 0.3) is 0 Å². The van der Waals surface area contributed by atoms with Gasteiger partial charge in [-0.2, -0.15) is 0 Å². The molecule has 0 aromatic heterocycles. The van der Waals surface area contributed by atoms with Gasteiger partial charge in [-0.25, -0.2) is 14.4 Å². The van der Waals surface area contributed by atoms with Crippen molar-refractivity contribution in [2.75, 3.05) is 46.4 Å². The van der Waals surface area contributed by atoms with E-state index in [0.717, 1.165) is 0 Å². The van der Waals surface area contributed by atoms with Crippen LogP contribution >= 0.6 is 0 Å². The van der Waals surface area contributed by atoms with Crippen molar-refractivity contribution in [3.63, 3.8) is 0 Å². The van der Waals surface area contributed by atoms with Gasteiger partial charge in [-0.1, -0.05) is 0 Å². The molecule has 0 saturated carbocycles. The standard InChI is InChI=1S/C17H23N3O6/c1-19-13(9-18)10-20(17(19,15(22)25-3)16(23)26-4)12-7-5-11(6-8-12)14(21)24-2/h5-8,13H,9-10,18H2,1-4H3/t13-/m1/s1. The van der Waals surface area contributed by atoms with Crippen molar-refractivity contribution >= 4 is 23.6 Å². The lowest BCUT2D eigenvalue weighted by atomic mass is 10.1. The lowest BCUT2D eigenvalue weighted by Crippen LogP contribution is -2.65. The Morgan fingerprint density at radius 3 is 2.04 bits per heavy atom. The fraction of sp³-hybridized carbons (Fsp3) is 0.471. The molecule has 1 aliphatic rings. The van der Waals surface area contributed by atoms with Crippen LogP contribution in [0.4, 0.5) is 5.69 Å². The Hall–Kier alpha value is -2.65. The van der Waals surface area contributed by atoms with Crippen molar-refractivity contribution in [1.29, 1.82) is 0 Å². The number of hydrogen-bond acceptors (Lipinski definition) is 9. The summed E-state index contributed by atoms with van der Waals surface area (Å²) >= 11 is 0. The number of esters is 3. The fourth-order valence-corrected chi connectivity index (χ4v) is 3.22. The average molecular weight is 365 g/mol. The molecule has 0 unspecified atom stereocenters. The molecule has 26 heavy (non-hydrogen) atoms. The van der Waals surface area contributed by atoms with E-state index in [1.54, 1.807) is 41.1 Å². The van der Waals surface area contributed by atoms with Crippen LogP contribution in [0.5, 0.6) is 0 Å². The maximum absolute atomic E-state index is 12.7. The van der Waals surface area contributed by atoms with Crippen LogP contribution in [0.15, 0.2) is 24.3 Å². The highest BCUT2D eigenvalue weighted by atomic mass is 16.6. The summed E-state index contributed by atoms with van der Waals surface area (Å²) in [6, 6.07) is 6.07. The van der Waals surface area contributed by atoms with E-state index in [1.807, 2.05) is 0 Å². The highest BCUT2D eigenvalue weighted by Crippen LogP contribution is 2.36. The lowest BCUT2D eigenvalue weighted by Gasteiger charge is -2.38. The topological polar surface area (TPSA) is 111 Å². The normalized spacial score (nSPS) is 19.1. The van der Waals surface area contributed by atoms with Crippen molar-refractivity contribution in [2.24, 2.45) is 5.73 Å². The van der Waals surface area contributed by atoms with Gasteiger partial charge in [-0.15, -0.1) is 0 Å². The summed E-state index contributed by atoms with van der Waals surface area (Å²) < 4.78 is 14.5. The minimum Gasteiger partial charge on any atom is -0.466 e. The molecule has 1 saturated heterocycles. The van der Waals surface area contributed by atoms with Gasteiger partial charge >= 0.3 is 17.9 Å². The zero-order chi connectivity index (χ0) is 19.5. The second-order valence-electron chi connectivity index (χ2n) is 5.80. The third-order valence-electron chi connectivity index (χ3n) is 4.65. The smallest absolute Gasteiger partial charge is 0.359 e. The second-order valence-corrected chi connectivity index (χ2v) is 5.80. The van der Waals surface area contributed by atoms with E-state index in [9.17, 15) is 14.4 Å². The summed E-state index contributed by atoms with van der Waals surface area (Å²) in [7, 11) is 5.32. The molecule has 1 atom stereocenters. The first-order chi connectivity index (χ1) is 12.4. The Morgan fingerprint density at radius 2 is 1.62 bits per heavy atom. The van der Waals surface area contributed by atoms with Gasteiger partial charge in [0.15, 0.2) is 0 Å². The van der Waals surface area contributed by atoms with Gasteiger partial charge in [-0.05, 0) is 31.3 Å². The Bertz CT molecular complexity index is 674. The van der Waals surface area contributed by atoms with E-state index in [4.69, 9.17) is 15.2 Å². The summed E-state index contributed by atoms with van der Waals surface area (Å²) in [6.07, 6.45) is 0. The van der Waals surface area contributed by atoms with Crippen LogP contribution in [-0.4, -0.2) is 76.0 Å². The first-order valence-electron chi connectivity index (χ1n) is 7.94. The van der Waals surface area contributed by atoms with Crippen LogP contribution in [0.1, 0.15) is 10.4 Å². The van der Waals surface area contributed by atoms with Crippen molar-refractivity contribution in [2.45, 2.75) is 11.7 Å². The SMILES string of the molecule is COC(=O)c1ccc(N2C[C@@H](CN)N(C)C2(C(=O)OC)C(=O)OC)cc1. The van der Waals surface area contributed by atoms with Gasteiger partial charge in [0.25, 0.3) is 5.66 Å². The number of carbonyl (C=O) groups excluding carboxylic acids is 3. The Kier molecular flexibility index (Phi) is 5.83. The molecule has 0 spiro atoms. The third-order valence-corrected chi connectivity index (χ3v) is 4.65. The number of nitrogens with zero attached hydrogens (tertiary/aromatic N) is 2. The number of ether oxygens (including phenoxy) is 3. The van der Waals surface area contributed by atoms with E-state index < -0.39 is 23.6 Å². The fourth-order valence-electron chi connectivity index (χ4n) is 3.22. The molecule has 142 valence electrons. The molecule has 2 N–H and O–H groups in total. The predicted molar refractivity (Wildman–Crippen MR) is 92.5 cm³/mol. The van der Waals surface area contributed by atoms with Gasteiger partial charge in [0.05, 0.1) is 26.9 Å². The molecule has 1 fully saturated rings. The number of anilines is 1. The van der Waals surface area contributed by atoms with Crippen molar-refractivity contribution in [3.05, 3.63) is 29.8 Å². The Labute approximate surface area is 151 Å². The van der Waals surface area contributed by atoms with E-state index in [1.165, 1.54) is 21.3 Å². The molecule has 1 aromatic carbocycles. The second kappa shape index (κ2) is 7.71. The summed E-state index contributed by atoms with van der Waals surface area (Å²) in [6.45, 7) is 0.526. The van der Waals surface area contributed by atoms with E-state index in [0.29, 0.717) is 17.8 Å². The number of benzene rings is 1. The van der Waals surface area contributed by atoms with Crippen LogP contribution in [-0.2, 0) is 23.8 Å². The highest BCUT2D eigenvalue weighted by Gasteiger charge is 2.63. The number of hydrogen-bond donors (Lipinski definition) is 1. The van der Waals surface area contributed by atoms with E-state index >= 15 is 0 Å². The van der Waals surface area contributed by atoms with E-state index in [-0.39, 0.29) is 12.6 Å². The van der Waals surface area contributed by atoms with Crippen molar-refractivity contribution < 1.29 is 28.6 Å². The molecular formula is C17H23N3O6. The molecule has 1 aromatic rings. The first-order valence-corrected chi connectivity index (χ1v) is 7.94. The van der Waals surface area contributed by atoms with Gasteiger partial charge in [0.2, 0.25) is 0 Å². The summed E-state index contributed by atoms with van der Waals surface area (Å²) in [5.74, 6) is -2.04. The first kappa shape index (κ1) is 19.7. The molecule has 1 heterocycles. The Morgan fingerprint density at radius 1 is 1.08 bits per heavy atom. The quantitative estimate of drug-likeness (QED) is 0.423. The minimum atomic E-state index is -1.81. The van der Waals surface area contributed by atoms with Crippen molar-refractivity contribution in [1.82, 2.24) is 4.90 Å². The molecule has 2 rings (SSSR count). The molecule has 9 nitrogen and oxygen atoms in total. The third kappa shape index (κ3) is 2.89. The van der Waals surface area contributed by atoms with Crippen molar-refractivity contribution in [3.8, 4) is 0 Å². The summed E-state index contributed by atoms with van der Waals surface area (Å²) in [5.41, 5.74) is 4.90. The van der Waals surface area contributed by atoms with Crippen LogP contribution in [0.2, 0.25) is 0 Å². The molecule has 1 aliphatic heterocycles. The monoisotopic (exact) mass is 365 g/mol. The molecule has 0 amide bonds. The van der Waals surface area contributed by atoms with Gasteiger partial charge in [0, 0.05) is 24.8 Å². The largest absolute Gasteiger partial charge is 0.466 e. The number of likely N-dealkylation sites (N-methyl/N-ethyl adjacent to an activating group) is 1. The maximum Gasteiger partial charge on any atom is 0.359 e. The number of carbonyl (C=O) groups is 3. The number of nitrogens with two attached hydrogens (primary N) is 1. The average Bonchev–Trinajstić information content (AvgIpc) is 2.99. The maximum atomic E-state index is 12.7. The molecule has 9 heteroatoms. The predicted octanol–water partition coefficient (Wildman–Crippen LogP) is -0.405. The minimum absolute atomic E-state index is 0.225. The zero-order valence-electron chi connectivity index (χ0n) is 15.2. The molecule has 0 bridgehead atoms.